The second-order valence-electron chi connectivity index (χ2n) is 4.65. The van der Waals surface area contributed by atoms with Crippen molar-refractivity contribution >= 4 is 5.52 Å². The van der Waals surface area contributed by atoms with Crippen LogP contribution >= 0.6 is 0 Å². The molecule has 2 N–H and O–H groups in total. The number of hydrogen-bond donors (Lipinski definition) is 1. The molecule has 3 rings (SSSR count). The quantitative estimate of drug-likeness (QED) is 0.825. The summed E-state index contributed by atoms with van der Waals surface area (Å²) in [5, 5.41) is 0. The van der Waals surface area contributed by atoms with Crippen molar-refractivity contribution in [3.8, 4) is 0 Å². The van der Waals surface area contributed by atoms with Crippen molar-refractivity contribution in [3.63, 3.8) is 0 Å². The lowest BCUT2D eigenvalue weighted by molar-refractivity contribution is -0.0577. The van der Waals surface area contributed by atoms with E-state index in [0.29, 0.717) is 6.54 Å². The van der Waals surface area contributed by atoms with Crippen LogP contribution in [0.1, 0.15) is 11.3 Å². The van der Waals surface area contributed by atoms with Crippen LogP contribution in [0.2, 0.25) is 0 Å². The number of nitrogens with two attached hydrogens (primary N) is 1. The third kappa shape index (κ3) is 1.16. The van der Waals surface area contributed by atoms with Crippen molar-refractivity contribution in [2.24, 2.45) is 5.73 Å². The van der Waals surface area contributed by atoms with Crippen molar-refractivity contribution < 1.29 is 4.74 Å². The Morgan fingerprint density at radius 3 is 2.88 bits per heavy atom. The lowest BCUT2D eigenvalue weighted by Crippen LogP contribution is -2.53. The molecule has 0 bridgehead atoms. The fourth-order valence-electron chi connectivity index (χ4n) is 2.63. The molecule has 84 valence electrons. The lowest BCUT2D eigenvalue weighted by Gasteiger charge is -2.41. The summed E-state index contributed by atoms with van der Waals surface area (Å²) in [5.41, 5.74) is 9.81. The summed E-state index contributed by atoms with van der Waals surface area (Å²) in [6, 6.07) is 8.45. The Hall–Kier alpha value is -1.32. The molecule has 0 unspecified atom stereocenters. The predicted octanol–water partition coefficient (Wildman–Crippen LogP) is 1.47. The highest BCUT2D eigenvalue weighted by Crippen LogP contribution is 2.34. The van der Waals surface area contributed by atoms with Gasteiger partial charge < -0.3 is 14.9 Å². The predicted molar refractivity (Wildman–Crippen MR) is 63.7 cm³/mol. The molecule has 2 aromatic heterocycles. The smallest absolute Gasteiger partial charge is 0.0700 e. The molecule has 2 aromatic rings. The first-order valence-electron chi connectivity index (χ1n) is 5.62. The van der Waals surface area contributed by atoms with Gasteiger partial charge in [-0.3, -0.25) is 0 Å². The molecule has 1 aliphatic rings. The Kier molecular flexibility index (Phi) is 2.06. The molecule has 3 nitrogen and oxygen atoms in total. The maximum Gasteiger partial charge on any atom is 0.0700 e. The van der Waals surface area contributed by atoms with Crippen molar-refractivity contribution in [2.75, 3.05) is 19.8 Å². The monoisotopic (exact) mass is 216 g/mol. The summed E-state index contributed by atoms with van der Waals surface area (Å²) in [6.07, 6.45) is 2.10. The van der Waals surface area contributed by atoms with E-state index in [1.54, 1.807) is 0 Å². The molecule has 0 saturated carbocycles. The Labute approximate surface area is 94.8 Å². The van der Waals surface area contributed by atoms with E-state index in [-0.39, 0.29) is 5.41 Å². The number of hydrogen-bond acceptors (Lipinski definition) is 2. The van der Waals surface area contributed by atoms with Gasteiger partial charge in [-0.2, -0.15) is 0 Å². The zero-order valence-corrected chi connectivity index (χ0v) is 9.44. The number of pyridine rings is 1. The molecular formula is C13H16N2O. The highest BCUT2D eigenvalue weighted by Gasteiger charge is 2.42. The van der Waals surface area contributed by atoms with Gasteiger partial charge in [-0.1, -0.05) is 6.07 Å². The zero-order valence-electron chi connectivity index (χ0n) is 9.44. The molecule has 0 radical (unpaired) electrons. The number of nitrogens with zero attached hydrogens (tertiary/aromatic N) is 1. The summed E-state index contributed by atoms with van der Waals surface area (Å²) in [7, 11) is 0. The molecule has 1 saturated heterocycles. The van der Waals surface area contributed by atoms with Gasteiger partial charge >= 0.3 is 0 Å². The largest absolute Gasteiger partial charge is 0.379 e. The summed E-state index contributed by atoms with van der Waals surface area (Å²) in [5.74, 6) is 0. The van der Waals surface area contributed by atoms with E-state index in [0.717, 1.165) is 13.2 Å². The first-order chi connectivity index (χ1) is 7.77. The number of ether oxygens (including phenoxy) is 1. The Morgan fingerprint density at radius 2 is 2.25 bits per heavy atom. The van der Waals surface area contributed by atoms with E-state index < -0.39 is 0 Å². The minimum atomic E-state index is 0.0256. The SMILES string of the molecule is Cc1cc2ccccn2c1C1(CN)COC1. The van der Waals surface area contributed by atoms with Crippen LogP contribution in [0.3, 0.4) is 0 Å². The van der Waals surface area contributed by atoms with E-state index in [2.05, 4.69) is 41.8 Å². The molecule has 3 heteroatoms. The van der Waals surface area contributed by atoms with E-state index in [4.69, 9.17) is 10.5 Å². The van der Waals surface area contributed by atoms with Crippen LogP contribution in [-0.4, -0.2) is 24.2 Å². The highest BCUT2D eigenvalue weighted by atomic mass is 16.5. The van der Waals surface area contributed by atoms with Gasteiger partial charge in [0.25, 0.3) is 0 Å². The van der Waals surface area contributed by atoms with Gasteiger partial charge in [0.15, 0.2) is 0 Å². The van der Waals surface area contributed by atoms with Crippen LogP contribution < -0.4 is 5.73 Å². The average molecular weight is 216 g/mol. The standard InChI is InChI=1S/C13H16N2O/c1-10-6-11-4-2-3-5-15(11)12(10)13(7-14)8-16-9-13/h2-6H,7-9,14H2,1H3. The first-order valence-corrected chi connectivity index (χ1v) is 5.62. The third-order valence-corrected chi connectivity index (χ3v) is 3.52. The molecule has 0 atom stereocenters. The molecule has 0 amide bonds. The number of fused-ring (bicyclic) bond motifs is 1. The number of aromatic nitrogens is 1. The van der Waals surface area contributed by atoms with Crippen LogP contribution in [-0.2, 0) is 10.2 Å². The second-order valence-corrected chi connectivity index (χ2v) is 4.65. The van der Waals surface area contributed by atoms with E-state index >= 15 is 0 Å². The fraction of sp³-hybridized carbons (Fsp3) is 0.385. The molecule has 0 spiro atoms. The summed E-state index contributed by atoms with van der Waals surface area (Å²) in [6.45, 7) is 4.28. The van der Waals surface area contributed by atoms with Gasteiger partial charge in [0.2, 0.25) is 0 Å². The maximum atomic E-state index is 5.93. The lowest BCUT2D eigenvalue weighted by atomic mass is 9.81. The van der Waals surface area contributed by atoms with Crippen molar-refractivity contribution in [1.82, 2.24) is 4.40 Å². The van der Waals surface area contributed by atoms with Gasteiger partial charge in [0.05, 0.1) is 18.6 Å². The van der Waals surface area contributed by atoms with Crippen molar-refractivity contribution in [2.45, 2.75) is 12.3 Å². The molecule has 0 aromatic carbocycles. The van der Waals surface area contributed by atoms with Gasteiger partial charge in [-0.25, -0.2) is 0 Å². The molecule has 16 heavy (non-hydrogen) atoms. The minimum Gasteiger partial charge on any atom is -0.379 e. The van der Waals surface area contributed by atoms with Crippen LogP contribution in [0.15, 0.2) is 30.5 Å². The van der Waals surface area contributed by atoms with Crippen molar-refractivity contribution in [1.29, 1.82) is 0 Å². The summed E-state index contributed by atoms with van der Waals surface area (Å²) < 4.78 is 7.60. The molecule has 0 aliphatic carbocycles. The molecular weight excluding hydrogens is 200 g/mol. The van der Waals surface area contributed by atoms with Crippen LogP contribution in [0.5, 0.6) is 0 Å². The zero-order chi connectivity index (χ0) is 11.2. The van der Waals surface area contributed by atoms with E-state index in [1.165, 1.54) is 16.8 Å². The fourth-order valence-corrected chi connectivity index (χ4v) is 2.63. The van der Waals surface area contributed by atoms with Crippen LogP contribution in [0.4, 0.5) is 0 Å². The van der Waals surface area contributed by atoms with Crippen molar-refractivity contribution in [3.05, 3.63) is 41.7 Å². The summed E-state index contributed by atoms with van der Waals surface area (Å²) >= 11 is 0. The van der Waals surface area contributed by atoms with Gasteiger partial charge in [-0.05, 0) is 30.7 Å². The molecule has 1 fully saturated rings. The minimum absolute atomic E-state index is 0.0256. The normalized spacial score (nSPS) is 18.6. The van der Waals surface area contributed by atoms with Crippen LogP contribution in [0.25, 0.3) is 5.52 Å². The van der Waals surface area contributed by atoms with Gasteiger partial charge in [0, 0.05) is 24.0 Å². The first kappa shape index (κ1) is 9.87. The Bertz CT molecular complexity index is 520. The number of rotatable bonds is 2. The molecule has 1 aliphatic heterocycles. The van der Waals surface area contributed by atoms with Crippen LogP contribution in [0, 0.1) is 6.92 Å². The Morgan fingerprint density at radius 1 is 1.44 bits per heavy atom. The van der Waals surface area contributed by atoms with Gasteiger partial charge in [0.1, 0.15) is 0 Å². The number of aryl methyl sites for hydroxylation is 1. The highest BCUT2D eigenvalue weighted by molar-refractivity contribution is 5.55. The van der Waals surface area contributed by atoms with Gasteiger partial charge in [-0.15, -0.1) is 0 Å². The molecule has 3 heterocycles. The maximum absolute atomic E-state index is 5.93. The second kappa shape index (κ2) is 3.34. The topological polar surface area (TPSA) is 39.7 Å². The van der Waals surface area contributed by atoms with E-state index in [9.17, 15) is 0 Å². The average Bonchev–Trinajstić information content (AvgIpc) is 2.56. The van der Waals surface area contributed by atoms with E-state index in [1.807, 2.05) is 0 Å². The Balaban J connectivity index is 2.26. The summed E-state index contributed by atoms with van der Waals surface area (Å²) in [4.78, 5) is 0. The third-order valence-electron chi connectivity index (χ3n) is 3.52.